The molecule has 0 spiro atoms. The van der Waals surface area contributed by atoms with Crippen LogP contribution in [0.5, 0.6) is 0 Å². The van der Waals surface area contributed by atoms with E-state index in [0.717, 1.165) is 16.5 Å². The maximum absolute atomic E-state index is 12.0. The lowest BCUT2D eigenvalue weighted by Gasteiger charge is -2.18. The molecule has 1 atom stereocenters. The molecule has 0 bridgehead atoms. The first kappa shape index (κ1) is 17.8. The van der Waals surface area contributed by atoms with Crippen LogP contribution in [0.3, 0.4) is 0 Å². The van der Waals surface area contributed by atoms with Crippen LogP contribution < -0.4 is 10.6 Å². The van der Waals surface area contributed by atoms with Crippen molar-refractivity contribution in [2.24, 2.45) is 5.92 Å². The maximum atomic E-state index is 12.0. The molecule has 0 aliphatic heterocycles. The van der Waals surface area contributed by atoms with Gasteiger partial charge in [0.1, 0.15) is 6.04 Å². The molecule has 2 rings (SSSR count). The Bertz CT molecular complexity index is 694. The normalized spacial score (nSPS) is 12.2. The zero-order chi connectivity index (χ0) is 17.5. The van der Waals surface area contributed by atoms with Crippen LogP contribution in [0.4, 0.5) is 4.79 Å². The number of hydrogen-bond acceptors (Lipinski definition) is 3. The summed E-state index contributed by atoms with van der Waals surface area (Å²) < 4.78 is 4.74. The van der Waals surface area contributed by atoms with Gasteiger partial charge in [-0.2, -0.15) is 0 Å². The topological polar surface area (TPSA) is 83.2 Å². The molecule has 1 aromatic carbocycles. The van der Waals surface area contributed by atoms with Crippen LogP contribution in [-0.4, -0.2) is 36.7 Å². The van der Waals surface area contributed by atoms with Gasteiger partial charge in [-0.15, -0.1) is 0 Å². The lowest BCUT2D eigenvalue weighted by molar-refractivity contribution is -0.143. The number of esters is 1. The smallest absolute Gasteiger partial charge is 0.328 e. The molecule has 3 N–H and O–H groups in total. The quantitative estimate of drug-likeness (QED) is 0.682. The number of H-pyrrole nitrogens is 1. The number of carbonyl (C=O) groups excluding carboxylic acids is 2. The molecule has 24 heavy (non-hydrogen) atoms. The average molecular weight is 331 g/mol. The van der Waals surface area contributed by atoms with E-state index in [1.807, 2.05) is 38.2 Å². The molecule has 0 saturated heterocycles. The van der Waals surface area contributed by atoms with E-state index in [-0.39, 0.29) is 11.9 Å². The lowest BCUT2D eigenvalue weighted by Crippen LogP contribution is -2.47. The van der Waals surface area contributed by atoms with Gasteiger partial charge in [0, 0.05) is 23.6 Å². The van der Waals surface area contributed by atoms with Gasteiger partial charge in [-0.3, -0.25) is 0 Å². The molecule has 0 radical (unpaired) electrons. The fraction of sp³-hybridized carbons (Fsp3) is 0.444. The second kappa shape index (κ2) is 8.38. The van der Waals surface area contributed by atoms with Gasteiger partial charge in [0.2, 0.25) is 0 Å². The first-order chi connectivity index (χ1) is 11.5. The zero-order valence-corrected chi connectivity index (χ0v) is 14.4. The maximum Gasteiger partial charge on any atom is 0.328 e. The molecular weight excluding hydrogens is 306 g/mol. The van der Waals surface area contributed by atoms with Crippen molar-refractivity contribution in [3.05, 3.63) is 36.0 Å². The number of hydrogen-bond donors (Lipinski definition) is 3. The molecule has 6 nitrogen and oxygen atoms in total. The van der Waals surface area contributed by atoms with Crippen LogP contribution in [0.15, 0.2) is 30.5 Å². The lowest BCUT2D eigenvalue weighted by atomic mass is 10.0. The summed E-state index contributed by atoms with van der Waals surface area (Å²) in [5.74, 6) is -0.143. The summed E-state index contributed by atoms with van der Waals surface area (Å²) in [5.41, 5.74) is 2.23. The Kier molecular flexibility index (Phi) is 6.23. The number of nitrogens with one attached hydrogen (secondary N) is 3. The van der Waals surface area contributed by atoms with Gasteiger partial charge in [0.15, 0.2) is 0 Å². The second-order valence-corrected chi connectivity index (χ2v) is 6.22. The number of fused-ring (bicyclic) bond motifs is 1. The molecule has 0 aliphatic rings. The van der Waals surface area contributed by atoms with E-state index < -0.39 is 12.0 Å². The van der Waals surface area contributed by atoms with Crippen LogP contribution >= 0.6 is 0 Å². The van der Waals surface area contributed by atoms with E-state index in [1.54, 1.807) is 0 Å². The summed E-state index contributed by atoms with van der Waals surface area (Å²) in [5, 5.41) is 6.64. The largest absolute Gasteiger partial charge is 0.467 e. The number of aromatic amines is 1. The number of rotatable bonds is 7. The van der Waals surface area contributed by atoms with Crippen molar-refractivity contribution in [2.75, 3.05) is 13.7 Å². The highest BCUT2D eigenvalue weighted by atomic mass is 16.5. The predicted octanol–water partition coefficient (Wildman–Crippen LogP) is 2.60. The highest BCUT2D eigenvalue weighted by molar-refractivity contribution is 5.84. The Morgan fingerprint density at radius 1 is 1.25 bits per heavy atom. The van der Waals surface area contributed by atoms with Gasteiger partial charge >= 0.3 is 12.0 Å². The highest BCUT2D eigenvalue weighted by Gasteiger charge is 2.22. The third kappa shape index (κ3) is 4.75. The van der Waals surface area contributed by atoms with E-state index in [4.69, 9.17) is 4.74 Å². The molecule has 1 unspecified atom stereocenters. The van der Waals surface area contributed by atoms with Crippen molar-refractivity contribution in [3.63, 3.8) is 0 Å². The number of urea groups is 1. The summed E-state index contributed by atoms with van der Waals surface area (Å²) >= 11 is 0. The molecule has 1 aromatic heterocycles. The predicted molar refractivity (Wildman–Crippen MR) is 93.8 cm³/mol. The van der Waals surface area contributed by atoms with E-state index >= 15 is 0 Å². The number of amides is 2. The van der Waals surface area contributed by atoms with Crippen molar-refractivity contribution in [3.8, 4) is 0 Å². The van der Waals surface area contributed by atoms with Gasteiger partial charge < -0.3 is 20.4 Å². The Balaban J connectivity index is 1.84. The molecule has 130 valence electrons. The van der Waals surface area contributed by atoms with Crippen molar-refractivity contribution in [2.45, 2.75) is 32.7 Å². The van der Waals surface area contributed by atoms with Crippen molar-refractivity contribution >= 4 is 22.9 Å². The Labute approximate surface area is 142 Å². The number of methoxy groups -OCH3 is 1. The Hall–Kier alpha value is -2.50. The minimum Gasteiger partial charge on any atom is -0.467 e. The third-order valence-corrected chi connectivity index (χ3v) is 3.85. The number of carbonyl (C=O) groups is 2. The Morgan fingerprint density at radius 3 is 2.71 bits per heavy atom. The van der Waals surface area contributed by atoms with Gasteiger partial charge in [0.25, 0.3) is 0 Å². The number of ether oxygens (including phenoxy) is 1. The number of para-hydroxylation sites is 1. The third-order valence-electron chi connectivity index (χ3n) is 3.85. The number of aromatic nitrogens is 1. The van der Waals surface area contributed by atoms with Crippen LogP contribution in [0.25, 0.3) is 10.9 Å². The molecule has 6 heteroatoms. The molecule has 2 aromatic rings. The van der Waals surface area contributed by atoms with E-state index in [9.17, 15) is 9.59 Å². The molecule has 0 aliphatic carbocycles. The highest BCUT2D eigenvalue weighted by Crippen LogP contribution is 2.17. The number of benzene rings is 1. The summed E-state index contributed by atoms with van der Waals surface area (Å²) in [6, 6.07) is 7.07. The average Bonchev–Trinajstić information content (AvgIpc) is 2.96. The van der Waals surface area contributed by atoms with Crippen molar-refractivity contribution in [1.82, 2.24) is 15.6 Å². The standard InChI is InChI=1S/C18H25N3O3/c1-12(2)10-16(17(22)24-3)21-18(23)19-9-8-13-11-20-15-7-5-4-6-14(13)15/h4-7,11-12,16,20H,8-10H2,1-3H3,(H2,19,21,23). The fourth-order valence-corrected chi connectivity index (χ4v) is 2.69. The van der Waals surface area contributed by atoms with Gasteiger partial charge in [-0.25, -0.2) is 9.59 Å². The first-order valence-corrected chi connectivity index (χ1v) is 8.18. The molecule has 0 fully saturated rings. The van der Waals surface area contributed by atoms with E-state index in [1.165, 1.54) is 7.11 Å². The molecule has 2 amide bonds. The van der Waals surface area contributed by atoms with Crippen LogP contribution in [0.1, 0.15) is 25.8 Å². The minimum absolute atomic E-state index is 0.278. The monoisotopic (exact) mass is 331 g/mol. The summed E-state index contributed by atoms with van der Waals surface area (Å²) in [7, 11) is 1.33. The van der Waals surface area contributed by atoms with Gasteiger partial charge in [-0.05, 0) is 30.4 Å². The molecule has 1 heterocycles. The molecular formula is C18H25N3O3. The van der Waals surface area contributed by atoms with Crippen LogP contribution in [0, 0.1) is 5.92 Å². The second-order valence-electron chi connectivity index (χ2n) is 6.22. The SMILES string of the molecule is COC(=O)C(CC(C)C)NC(=O)NCCc1c[nH]c2ccccc12. The van der Waals surface area contributed by atoms with Gasteiger partial charge in [0.05, 0.1) is 7.11 Å². The summed E-state index contributed by atoms with van der Waals surface area (Å²) in [6.45, 7) is 4.47. The van der Waals surface area contributed by atoms with E-state index in [0.29, 0.717) is 19.4 Å². The van der Waals surface area contributed by atoms with Crippen LogP contribution in [0.2, 0.25) is 0 Å². The molecule has 0 saturated carbocycles. The van der Waals surface area contributed by atoms with Crippen molar-refractivity contribution < 1.29 is 14.3 Å². The van der Waals surface area contributed by atoms with Crippen LogP contribution in [-0.2, 0) is 16.0 Å². The summed E-state index contributed by atoms with van der Waals surface area (Å²) in [6.07, 6.45) is 3.22. The van der Waals surface area contributed by atoms with Gasteiger partial charge in [-0.1, -0.05) is 32.0 Å². The first-order valence-electron chi connectivity index (χ1n) is 8.18. The van der Waals surface area contributed by atoms with E-state index in [2.05, 4.69) is 21.7 Å². The fourth-order valence-electron chi connectivity index (χ4n) is 2.69. The zero-order valence-electron chi connectivity index (χ0n) is 14.4. The minimum atomic E-state index is -0.622. The Morgan fingerprint density at radius 2 is 2.00 bits per heavy atom. The summed E-state index contributed by atoms with van der Waals surface area (Å²) in [4.78, 5) is 26.9. The van der Waals surface area contributed by atoms with Crippen molar-refractivity contribution in [1.29, 1.82) is 0 Å².